The Labute approximate surface area is 398 Å². The zero-order chi connectivity index (χ0) is 49.6. The molecule has 0 spiro atoms. The number of aliphatic hydroxyl groups is 4. The van der Waals surface area contributed by atoms with Crippen molar-refractivity contribution in [2.24, 2.45) is 57.2 Å². The molecule has 16 atom stereocenters. The van der Waals surface area contributed by atoms with Crippen LogP contribution in [0.25, 0.3) is 0 Å². The Morgan fingerprint density at radius 2 is 0.956 bits per heavy atom. The minimum Gasteiger partial charge on any atom is -0.458 e. The van der Waals surface area contributed by atoms with Crippen LogP contribution < -0.4 is 0 Å². The predicted molar refractivity (Wildman–Crippen MR) is 245 cm³/mol. The molecular formula is C54H72F2O12. The summed E-state index contributed by atoms with van der Waals surface area (Å²) >= 11 is 0. The third kappa shape index (κ3) is 7.12. The first-order valence-corrected chi connectivity index (χ1v) is 25.3. The van der Waals surface area contributed by atoms with Gasteiger partial charge in [0.1, 0.15) is 11.2 Å². The standard InChI is InChI=1S/C54H72F2O12/c1-31-23-39-37-17-15-33-25-35(57)19-21-47(33,3)51(37,55)41(59)27-49(39,5)53(31,65)43(61)29-67-45(63)13-11-9-7-8-10-12-14-46(64)68-30-44(62)54(66)32(2)24-40-38-18-16-34-26-36(58)20-22-48(34,4)52(38,56)42(60)28-50(40,54)6/h19-22,25-26,31-32,37-42,59-60,65-66H,7-18,23-24,27-30H2,1-6H3/t31-,32-,37+,38+,39+,40+,41+,42+,47+,48+,49+,50+,51+,52+,53+,54+/m1/s1. The third-order valence-electron chi connectivity index (χ3n) is 20.0. The van der Waals surface area contributed by atoms with Crippen molar-refractivity contribution in [3.63, 3.8) is 0 Å². The number of Topliss-reactive ketones (excluding diaryl/α,β-unsaturated/α-hetero) is 2. The number of halogens is 2. The van der Waals surface area contributed by atoms with Crippen LogP contribution in [-0.4, -0.2) is 103 Å². The van der Waals surface area contributed by atoms with Gasteiger partial charge in [0.15, 0.2) is 36.1 Å². The molecule has 8 rings (SSSR count). The summed E-state index contributed by atoms with van der Waals surface area (Å²) in [7, 11) is 0. The van der Waals surface area contributed by atoms with Gasteiger partial charge in [0, 0.05) is 46.3 Å². The molecule has 6 saturated carbocycles. The van der Waals surface area contributed by atoms with Crippen molar-refractivity contribution >= 4 is 35.1 Å². The maximum atomic E-state index is 17.5. The maximum absolute atomic E-state index is 17.5. The van der Waals surface area contributed by atoms with E-state index in [1.54, 1.807) is 53.7 Å². The minimum absolute atomic E-state index is 0.0628. The van der Waals surface area contributed by atoms with E-state index >= 15 is 8.78 Å². The van der Waals surface area contributed by atoms with E-state index in [1.807, 2.05) is 0 Å². The molecule has 0 aromatic carbocycles. The molecule has 0 aromatic heterocycles. The fourth-order valence-electron chi connectivity index (χ4n) is 16.2. The minimum atomic E-state index is -2.09. The van der Waals surface area contributed by atoms with Gasteiger partial charge in [-0.25, -0.2) is 8.78 Å². The second-order valence-corrected chi connectivity index (χ2v) is 23.1. The van der Waals surface area contributed by atoms with Crippen molar-refractivity contribution in [2.45, 2.75) is 179 Å². The fourth-order valence-corrected chi connectivity index (χ4v) is 16.2. The normalized spacial score (nSPS) is 45.4. The molecule has 0 bridgehead atoms. The Bertz CT molecular complexity index is 2100. The Kier molecular flexibility index (Phi) is 13.1. The number of alkyl halides is 2. The van der Waals surface area contributed by atoms with E-state index in [-0.39, 0.29) is 37.2 Å². The average molecular weight is 951 g/mol. The van der Waals surface area contributed by atoms with Gasteiger partial charge < -0.3 is 29.9 Å². The van der Waals surface area contributed by atoms with Crippen LogP contribution in [0.4, 0.5) is 8.78 Å². The first-order chi connectivity index (χ1) is 31.8. The lowest BCUT2D eigenvalue weighted by molar-refractivity contribution is -0.220. The van der Waals surface area contributed by atoms with Gasteiger partial charge in [-0.05, 0) is 126 Å². The summed E-state index contributed by atoms with van der Waals surface area (Å²) in [5.74, 6) is -6.25. The largest absolute Gasteiger partial charge is 0.458 e. The lowest BCUT2D eigenvalue weighted by atomic mass is 9.44. The molecular weight excluding hydrogens is 879 g/mol. The molecule has 0 amide bonds. The highest BCUT2D eigenvalue weighted by Gasteiger charge is 2.77. The monoisotopic (exact) mass is 950 g/mol. The molecule has 8 aliphatic carbocycles. The summed E-state index contributed by atoms with van der Waals surface area (Å²) in [5, 5.41) is 47.6. The number of unbranched alkanes of at least 4 members (excludes halogenated alkanes) is 5. The van der Waals surface area contributed by atoms with Crippen molar-refractivity contribution in [2.75, 3.05) is 13.2 Å². The van der Waals surface area contributed by atoms with Crippen LogP contribution in [0.2, 0.25) is 0 Å². The molecule has 68 heavy (non-hydrogen) atoms. The highest BCUT2D eigenvalue weighted by Crippen LogP contribution is 2.72. The van der Waals surface area contributed by atoms with Crippen LogP contribution in [0.15, 0.2) is 47.6 Å². The van der Waals surface area contributed by atoms with Gasteiger partial charge in [0.05, 0.1) is 12.2 Å². The number of ether oxygens (including phenoxy) is 2. The van der Waals surface area contributed by atoms with Gasteiger partial charge >= 0.3 is 11.9 Å². The van der Waals surface area contributed by atoms with E-state index in [0.29, 0.717) is 75.4 Å². The van der Waals surface area contributed by atoms with Crippen molar-refractivity contribution in [3.8, 4) is 0 Å². The topological polar surface area (TPSA) is 202 Å². The summed E-state index contributed by atoms with van der Waals surface area (Å²) < 4.78 is 45.7. The molecule has 4 N–H and O–H groups in total. The van der Waals surface area contributed by atoms with E-state index in [1.165, 1.54) is 24.3 Å². The zero-order valence-corrected chi connectivity index (χ0v) is 40.6. The summed E-state index contributed by atoms with van der Waals surface area (Å²) in [6, 6.07) is 0. The number of carbonyl (C=O) groups is 6. The first-order valence-electron chi connectivity index (χ1n) is 25.3. The summed E-state index contributed by atoms with van der Waals surface area (Å²) in [5.41, 5.74) is -11.5. The summed E-state index contributed by atoms with van der Waals surface area (Å²) in [4.78, 5) is 77.5. The molecule has 12 nitrogen and oxygen atoms in total. The lowest BCUT2D eigenvalue weighted by Crippen LogP contribution is -2.69. The van der Waals surface area contributed by atoms with Crippen molar-refractivity contribution < 1.29 is 67.4 Å². The smallest absolute Gasteiger partial charge is 0.306 e. The Morgan fingerprint density at radius 1 is 0.603 bits per heavy atom. The Morgan fingerprint density at radius 3 is 1.32 bits per heavy atom. The van der Waals surface area contributed by atoms with E-state index in [2.05, 4.69) is 0 Å². The number of esters is 2. The molecule has 0 heterocycles. The van der Waals surface area contributed by atoms with Crippen molar-refractivity contribution in [1.82, 2.24) is 0 Å². The van der Waals surface area contributed by atoms with Crippen molar-refractivity contribution in [3.05, 3.63) is 47.6 Å². The number of hydrogen-bond donors (Lipinski definition) is 4. The van der Waals surface area contributed by atoms with Gasteiger partial charge in [0.2, 0.25) is 11.6 Å². The quantitative estimate of drug-likeness (QED) is 0.0967. The average Bonchev–Trinajstić information content (AvgIpc) is 3.61. The molecule has 0 saturated heterocycles. The van der Waals surface area contributed by atoms with Gasteiger partial charge in [-0.3, -0.25) is 28.8 Å². The highest BCUT2D eigenvalue weighted by atomic mass is 19.1. The zero-order valence-electron chi connectivity index (χ0n) is 40.6. The molecule has 6 fully saturated rings. The lowest BCUT2D eigenvalue weighted by Gasteiger charge is -2.62. The van der Waals surface area contributed by atoms with E-state index in [4.69, 9.17) is 9.47 Å². The summed E-state index contributed by atoms with van der Waals surface area (Å²) in [6.07, 6.45) is 11.9. The number of carbonyl (C=O) groups excluding carboxylic acids is 6. The Balaban J connectivity index is 0.741. The number of fused-ring (bicyclic) bond motifs is 10. The molecule has 0 unspecified atom stereocenters. The van der Waals surface area contributed by atoms with Gasteiger partial charge in [0.25, 0.3) is 0 Å². The molecule has 0 aliphatic heterocycles. The second-order valence-electron chi connectivity index (χ2n) is 23.1. The highest BCUT2D eigenvalue weighted by molar-refractivity contribution is 6.02. The van der Waals surface area contributed by atoms with Crippen LogP contribution >= 0.6 is 0 Å². The van der Waals surface area contributed by atoms with Crippen LogP contribution in [0.5, 0.6) is 0 Å². The van der Waals surface area contributed by atoms with Gasteiger partial charge in [-0.2, -0.15) is 0 Å². The van der Waals surface area contributed by atoms with Crippen LogP contribution in [-0.2, 0) is 38.2 Å². The van der Waals surface area contributed by atoms with Crippen LogP contribution in [0, 0.1) is 57.2 Å². The first kappa shape index (κ1) is 50.7. The predicted octanol–water partition coefficient (Wildman–Crippen LogP) is 7.03. The second kappa shape index (κ2) is 17.5. The Hall–Kier alpha value is -3.72. The number of rotatable bonds is 15. The molecule has 374 valence electrons. The number of aliphatic hydroxyl groups excluding tert-OH is 2. The van der Waals surface area contributed by atoms with Gasteiger partial charge in [-0.15, -0.1) is 0 Å². The fraction of sp³-hybridized carbons (Fsp3) is 0.741. The molecule has 0 radical (unpaired) electrons. The number of allylic oxidation sites excluding steroid dienone is 8. The number of ketones is 4. The van der Waals surface area contributed by atoms with Crippen molar-refractivity contribution in [1.29, 1.82) is 0 Å². The molecule has 14 heteroatoms. The maximum Gasteiger partial charge on any atom is 0.306 e. The molecule has 8 aliphatic rings. The van der Waals surface area contributed by atoms with Gasteiger partial charge in [-0.1, -0.05) is 76.7 Å². The van der Waals surface area contributed by atoms with Crippen LogP contribution in [0.1, 0.15) is 144 Å². The van der Waals surface area contributed by atoms with E-state index in [9.17, 15) is 49.2 Å². The third-order valence-corrected chi connectivity index (χ3v) is 20.0. The summed E-state index contributed by atoms with van der Waals surface area (Å²) in [6.45, 7) is 9.14. The van der Waals surface area contributed by atoms with E-state index in [0.717, 1.165) is 12.8 Å². The van der Waals surface area contributed by atoms with Crippen LogP contribution in [0.3, 0.4) is 0 Å². The molecule has 0 aromatic rings. The number of hydrogen-bond acceptors (Lipinski definition) is 12. The SMILES string of the molecule is C[C@@H]1C[C@H]2[C@@H]3CCC4=CC(=O)C=C[C@]4(C)[C@@]3(F)[C@@H](O)C[C@]2(C)[C@@]1(O)C(=O)COC(=O)CCCCCCCCC(=O)OCC(=O)[C@@]1(O)[C@H](C)C[C@H]2[C@@H]3CCC4=CC(=O)C=C[C@]4(C)[C@@]3(F)[C@@H](O)C[C@@]21C. The van der Waals surface area contributed by atoms with E-state index < -0.39 is 129 Å².